The van der Waals surface area contributed by atoms with E-state index < -0.39 is 6.04 Å². The molecular weight excluding hydrogens is 334 g/mol. The van der Waals surface area contributed by atoms with E-state index in [-0.39, 0.29) is 18.2 Å². The van der Waals surface area contributed by atoms with E-state index in [1.165, 1.54) is 6.33 Å². The van der Waals surface area contributed by atoms with Crippen molar-refractivity contribution in [3.05, 3.63) is 47.9 Å². The number of aryl methyl sites for hydroxylation is 1. The minimum atomic E-state index is -0.505. The molecule has 0 aromatic carbocycles. The van der Waals surface area contributed by atoms with Crippen LogP contribution in [0.4, 0.5) is 0 Å². The molecule has 1 unspecified atom stereocenters. The van der Waals surface area contributed by atoms with Crippen LogP contribution >= 0.6 is 0 Å². The molecule has 8 nitrogen and oxygen atoms in total. The maximum absolute atomic E-state index is 12.6. The quantitative estimate of drug-likeness (QED) is 0.819. The summed E-state index contributed by atoms with van der Waals surface area (Å²) in [5, 5.41) is 2.84. The molecule has 1 N–H and O–H groups in total. The number of carbonyl (C=O) groups excluding carboxylic acids is 2. The highest BCUT2D eigenvalue weighted by Gasteiger charge is 2.33. The summed E-state index contributed by atoms with van der Waals surface area (Å²) in [5.74, 6) is 1.40. The zero-order valence-electron chi connectivity index (χ0n) is 15.0. The third kappa shape index (κ3) is 4.45. The Morgan fingerprint density at radius 2 is 2.27 bits per heavy atom. The molecule has 2 aromatic rings. The average Bonchev–Trinajstić information content (AvgIpc) is 3.03. The SMILES string of the molecule is Cc1ccc(CN2CCNC(=O)C2CC(=O)N(C)Cc2ccncn2)o1. The summed E-state index contributed by atoms with van der Waals surface area (Å²) in [7, 11) is 1.71. The number of rotatable bonds is 6. The van der Waals surface area contributed by atoms with Crippen molar-refractivity contribution in [1.29, 1.82) is 0 Å². The first-order chi connectivity index (χ1) is 12.5. The van der Waals surface area contributed by atoms with Gasteiger partial charge < -0.3 is 14.6 Å². The normalized spacial score (nSPS) is 17.8. The summed E-state index contributed by atoms with van der Waals surface area (Å²) >= 11 is 0. The lowest BCUT2D eigenvalue weighted by Crippen LogP contribution is -2.56. The van der Waals surface area contributed by atoms with Crippen molar-refractivity contribution < 1.29 is 14.0 Å². The fourth-order valence-corrected chi connectivity index (χ4v) is 3.01. The molecule has 2 aromatic heterocycles. The molecule has 0 saturated carbocycles. The molecule has 0 spiro atoms. The van der Waals surface area contributed by atoms with Gasteiger partial charge in [0.25, 0.3) is 0 Å². The van der Waals surface area contributed by atoms with Crippen LogP contribution in [0, 0.1) is 6.92 Å². The van der Waals surface area contributed by atoms with Crippen LogP contribution in [0.15, 0.2) is 35.1 Å². The topological polar surface area (TPSA) is 91.6 Å². The van der Waals surface area contributed by atoms with Crippen molar-refractivity contribution in [3.8, 4) is 0 Å². The molecule has 8 heteroatoms. The minimum absolute atomic E-state index is 0.105. The van der Waals surface area contributed by atoms with Gasteiger partial charge in [0, 0.05) is 26.3 Å². The Balaban J connectivity index is 1.64. The summed E-state index contributed by atoms with van der Waals surface area (Å²) in [6.07, 6.45) is 3.21. The Kier molecular flexibility index (Phi) is 5.62. The van der Waals surface area contributed by atoms with E-state index >= 15 is 0 Å². The van der Waals surface area contributed by atoms with E-state index in [9.17, 15) is 9.59 Å². The first-order valence-electron chi connectivity index (χ1n) is 8.59. The highest BCUT2D eigenvalue weighted by molar-refractivity contribution is 5.88. The third-order valence-corrected chi connectivity index (χ3v) is 4.43. The molecule has 3 heterocycles. The van der Waals surface area contributed by atoms with Gasteiger partial charge in [-0.05, 0) is 25.1 Å². The van der Waals surface area contributed by atoms with Gasteiger partial charge in [-0.1, -0.05) is 0 Å². The van der Waals surface area contributed by atoms with Gasteiger partial charge in [-0.3, -0.25) is 14.5 Å². The smallest absolute Gasteiger partial charge is 0.237 e. The molecule has 1 fully saturated rings. The van der Waals surface area contributed by atoms with E-state index in [1.807, 2.05) is 24.0 Å². The standard InChI is InChI=1S/C18H23N5O3/c1-13-3-4-15(26-13)11-23-8-7-20-18(25)16(23)9-17(24)22(2)10-14-5-6-19-12-21-14/h3-6,12,16H,7-11H2,1-2H3,(H,20,25). The van der Waals surface area contributed by atoms with Crippen LogP contribution < -0.4 is 5.32 Å². The number of aromatic nitrogens is 2. The van der Waals surface area contributed by atoms with Gasteiger partial charge in [0.05, 0.1) is 31.2 Å². The number of nitrogens with one attached hydrogen (secondary N) is 1. The number of furan rings is 1. The molecule has 1 saturated heterocycles. The Morgan fingerprint density at radius 3 is 2.96 bits per heavy atom. The average molecular weight is 357 g/mol. The summed E-state index contributed by atoms with van der Waals surface area (Å²) in [5.41, 5.74) is 0.756. The molecule has 0 bridgehead atoms. The van der Waals surface area contributed by atoms with Gasteiger partial charge in [0.15, 0.2) is 0 Å². The molecule has 1 aliphatic heterocycles. The lowest BCUT2D eigenvalue weighted by Gasteiger charge is -2.34. The van der Waals surface area contributed by atoms with Crippen LogP contribution in [0.1, 0.15) is 23.6 Å². The van der Waals surface area contributed by atoms with Crippen molar-refractivity contribution in [2.24, 2.45) is 0 Å². The van der Waals surface area contributed by atoms with Crippen molar-refractivity contribution in [1.82, 2.24) is 25.1 Å². The predicted octanol–water partition coefficient (Wildman–Crippen LogP) is 0.727. The van der Waals surface area contributed by atoms with Gasteiger partial charge in [-0.25, -0.2) is 9.97 Å². The number of carbonyl (C=O) groups is 2. The van der Waals surface area contributed by atoms with Crippen LogP contribution in [0.5, 0.6) is 0 Å². The summed E-state index contributed by atoms with van der Waals surface area (Å²) < 4.78 is 5.62. The second-order valence-corrected chi connectivity index (χ2v) is 6.44. The van der Waals surface area contributed by atoms with Crippen LogP contribution in [-0.2, 0) is 22.7 Å². The zero-order valence-corrected chi connectivity index (χ0v) is 15.0. The predicted molar refractivity (Wildman–Crippen MR) is 93.8 cm³/mol. The Bertz CT molecular complexity index is 761. The largest absolute Gasteiger partial charge is 0.465 e. The molecule has 1 aliphatic rings. The zero-order chi connectivity index (χ0) is 18.5. The van der Waals surface area contributed by atoms with Crippen LogP contribution in [0.25, 0.3) is 0 Å². The van der Waals surface area contributed by atoms with Crippen molar-refractivity contribution >= 4 is 11.8 Å². The van der Waals surface area contributed by atoms with Crippen molar-refractivity contribution in [2.75, 3.05) is 20.1 Å². The molecule has 0 aliphatic carbocycles. The maximum Gasteiger partial charge on any atom is 0.237 e. The lowest BCUT2D eigenvalue weighted by molar-refractivity contribution is -0.138. The Morgan fingerprint density at radius 1 is 1.42 bits per heavy atom. The van der Waals surface area contributed by atoms with Gasteiger partial charge in [0.1, 0.15) is 17.8 Å². The first-order valence-corrected chi connectivity index (χ1v) is 8.59. The van der Waals surface area contributed by atoms with E-state index in [2.05, 4.69) is 15.3 Å². The second kappa shape index (κ2) is 8.09. The maximum atomic E-state index is 12.6. The van der Waals surface area contributed by atoms with Gasteiger partial charge >= 0.3 is 0 Å². The highest BCUT2D eigenvalue weighted by atomic mass is 16.3. The highest BCUT2D eigenvalue weighted by Crippen LogP contribution is 2.17. The van der Waals surface area contributed by atoms with E-state index in [0.29, 0.717) is 26.2 Å². The van der Waals surface area contributed by atoms with Crippen LogP contribution in [0.2, 0.25) is 0 Å². The monoisotopic (exact) mass is 357 g/mol. The fraction of sp³-hybridized carbons (Fsp3) is 0.444. The molecule has 2 amide bonds. The molecule has 26 heavy (non-hydrogen) atoms. The van der Waals surface area contributed by atoms with Gasteiger partial charge in [-0.2, -0.15) is 0 Å². The van der Waals surface area contributed by atoms with E-state index in [4.69, 9.17) is 4.42 Å². The second-order valence-electron chi connectivity index (χ2n) is 6.44. The summed E-state index contributed by atoms with van der Waals surface area (Å²) in [4.78, 5) is 36.5. The van der Waals surface area contributed by atoms with Crippen molar-refractivity contribution in [3.63, 3.8) is 0 Å². The molecule has 1 atom stereocenters. The van der Waals surface area contributed by atoms with Crippen LogP contribution in [0.3, 0.4) is 0 Å². The lowest BCUT2D eigenvalue weighted by atomic mass is 10.1. The summed E-state index contributed by atoms with van der Waals surface area (Å²) in [6, 6.07) is 5.06. The summed E-state index contributed by atoms with van der Waals surface area (Å²) in [6.45, 7) is 4.02. The number of piperazine rings is 1. The first kappa shape index (κ1) is 18.1. The number of amides is 2. The number of hydrogen-bond donors (Lipinski definition) is 1. The van der Waals surface area contributed by atoms with E-state index in [0.717, 1.165) is 17.2 Å². The molecule has 3 rings (SSSR count). The van der Waals surface area contributed by atoms with Crippen molar-refractivity contribution in [2.45, 2.75) is 32.5 Å². The minimum Gasteiger partial charge on any atom is -0.465 e. The molecular formula is C18H23N5O3. The Hall–Kier alpha value is -2.74. The Labute approximate surface area is 152 Å². The molecule has 138 valence electrons. The third-order valence-electron chi connectivity index (χ3n) is 4.43. The van der Waals surface area contributed by atoms with E-state index in [1.54, 1.807) is 24.2 Å². The fourth-order valence-electron chi connectivity index (χ4n) is 3.01. The molecule has 0 radical (unpaired) electrons. The number of hydrogen-bond acceptors (Lipinski definition) is 6. The van der Waals surface area contributed by atoms with Gasteiger partial charge in [0.2, 0.25) is 11.8 Å². The van der Waals surface area contributed by atoms with Gasteiger partial charge in [-0.15, -0.1) is 0 Å². The number of nitrogens with zero attached hydrogens (tertiary/aromatic N) is 4. The van der Waals surface area contributed by atoms with Crippen LogP contribution in [-0.4, -0.2) is 57.8 Å².